The van der Waals surface area contributed by atoms with Crippen molar-refractivity contribution in [1.82, 2.24) is 9.88 Å². The first-order chi connectivity index (χ1) is 9.08. The molecule has 0 fully saturated rings. The Hall–Kier alpha value is -1.88. The standard InChI is InChI=1S/C14H14BrN3O/c1-18(9-11-4-2-3-7-17-11)14(19)10-5-6-13(16)12(15)8-10/h2-8H,9,16H2,1H3. The van der Waals surface area contributed by atoms with E-state index in [-0.39, 0.29) is 5.91 Å². The molecule has 2 aromatic rings. The molecule has 0 saturated carbocycles. The summed E-state index contributed by atoms with van der Waals surface area (Å²) < 4.78 is 0.726. The predicted molar refractivity (Wildman–Crippen MR) is 78.6 cm³/mol. The zero-order valence-electron chi connectivity index (χ0n) is 10.5. The molecule has 0 aliphatic rings. The zero-order chi connectivity index (χ0) is 13.8. The maximum Gasteiger partial charge on any atom is 0.253 e. The highest BCUT2D eigenvalue weighted by Crippen LogP contribution is 2.21. The number of aromatic nitrogens is 1. The van der Waals surface area contributed by atoms with Gasteiger partial charge in [0.05, 0.1) is 12.2 Å². The van der Waals surface area contributed by atoms with Crippen molar-refractivity contribution in [3.05, 3.63) is 58.3 Å². The number of halogens is 1. The van der Waals surface area contributed by atoms with Gasteiger partial charge in [0, 0.05) is 29.0 Å². The summed E-state index contributed by atoms with van der Waals surface area (Å²) in [5.41, 5.74) is 7.77. The molecule has 1 aromatic carbocycles. The molecule has 1 heterocycles. The first-order valence-corrected chi connectivity index (χ1v) is 6.57. The fourth-order valence-corrected chi connectivity index (χ4v) is 2.07. The fraction of sp³-hybridized carbons (Fsp3) is 0.143. The zero-order valence-corrected chi connectivity index (χ0v) is 12.1. The van der Waals surface area contributed by atoms with Crippen molar-refractivity contribution in [1.29, 1.82) is 0 Å². The van der Waals surface area contributed by atoms with E-state index in [1.807, 2.05) is 18.2 Å². The van der Waals surface area contributed by atoms with Crippen LogP contribution in [0.4, 0.5) is 5.69 Å². The lowest BCUT2D eigenvalue weighted by atomic mass is 10.2. The van der Waals surface area contributed by atoms with Gasteiger partial charge in [0.2, 0.25) is 0 Å². The second-order valence-corrected chi connectivity index (χ2v) is 5.07. The molecule has 2 rings (SSSR count). The van der Waals surface area contributed by atoms with Crippen molar-refractivity contribution in [2.45, 2.75) is 6.54 Å². The highest BCUT2D eigenvalue weighted by Gasteiger charge is 2.13. The monoisotopic (exact) mass is 319 g/mol. The van der Waals surface area contributed by atoms with Gasteiger partial charge in [-0.15, -0.1) is 0 Å². The summed E-state index contributed by atoms with van der Waals surface area (Å²) in [5.74, 6) is -0.0636. The molecule has 2 N–H and O–H groups in total. The van der Waals surface area contributed by atoms with E-state index >= 15 is 0 Å². The van der Waals surface area contributed by atoms with E-state index < -0.39 is 0 Å². The van der Waals surface area contributed by atoms with Gasteiger partial charge < -0.3 is 10.6 Å². The average molecular weight is 320 g/mol. The van der Waals surface area contributed by atoms with E-state index in [1.165, 1.54) is 0 Å². The molecule has 4 nitrogen and oxygen atoms in total. The van der Waals surface area contributed by atoms with Crippen LogP contribution in [0.25, 0.3) is 0 Å². The number of benzene rings is 1. The fourth-order valence-electron chi connectivity index (χ4n) is 1.69. The Kier molecular flexibility index (Phi) is 4.16. The molecule has 0 atom stereocenters. The van der Waals surface area contributed by atoms with E-state index in [0.29, 0.717) is 17.8 Å². The van der Waals surface area contributed by atoms with Crippen LogP contribution in [0.3, 0.4) is 0 Å². The van der Waals surface area contributed by atoms with Gasteiger partial charge in [-0.2, -0.15) is 0 Å². The van der Waals surface area contributed by atoms with Crippen molar-refractivity contribution in [2.24, 2.45) is 0 Å². The molecule has 0 spiro atoms. The van der Waals surface area contributed by atoms with Crippen LogP contribution in [-0.2, 0) is 6.54 Å². The SMILES string of the molecule is CN(Cc1ccccn1)C(=O)c1ccc(N)c(Br)c1. The van der Waals surface area contributed by atoms with Crippen molar-refractivity contribution in [3.63, 3.8) is 0 Å². The smallest absolute Gasteiger partial charge is 0.253 e. The van der Waals surface area contributed by atoms with Gasteiger partial charge in [0.25, 0.3) is 5.91 Å². The number of carbonyl (C=O) groups is 1. The second kappa shape index (κ2) is 5.84. The van der Waals surface area contributed by atoms with Crippen LogP contribution in [0.1, 0.15) is 16.1 Å². The minimum Gasteiger partial charge on any atom is -0.398 e. The van der Waals surface area contributed by atoms with Gasteiger partial charge in [-0.3, -0.25) is 9.78 Å². The van der Waals surface area contributed by atoms with Crippen LogP contribution in [0.2, 0.25) is 0 Å². The molecule has 0 aliphatic carbocycles. The molecule has 98 valence electrons. The molecule has 5 heteroatoms. The Balaban J connectivity index is 2.12. The third-order valence-electron chi connectivity index (χ3n) is 2.72. The molecule has 0 radical (unpaired) electrons. The number of hydrogen-bond donors (Lipinski definition) is 1. The Morgan fingerprint density at radius 2 is 2.16 bits per heavy atom. The van der Waals surface area contributed by atoms with Gasteiger partial charge >= 0.3 is 0 Å². The number of nitrogen functional groups attached to an aromatic ring is 1. The Labute approximate surface area is 120 Å². The van der Waals surface area contributed by atoms with Crippen molar-refractivity contribution in [3.8, 4) is 0 Å². The lowest BCUT2D eigenvalue weighted by Gasteiger charge is -2.17. The number of carbonyl (C=O) groups excluding carboxylic acids is 1. The van der Waals surface area contributed by atoms with Gasteiger partial charge in [0.15, 0.2) is 0 Å². The number of pyridine rings is 1. The maximum absolute atomic E-state index is 12.2. The van der Waals surface area contributed by atoms with Crippen LogP contribution in [0.15, 0.2) is 47.1 Å². The third-order valence-corrected chi connectivity index (χ3v) is 3.41. The highest BCUT2D eigenvalue weighted by atomic mass is 79.9. The average Bonchev–Trinajstić information content (AvgIpc) is 2.42. The molecule has 1 amide bonds. The van der Waals surface area contributed by atoms with Gasteiger partial charge in [0.1, 0.15) is 0 Å². The number of rotatable bonds is 3. The molecule has 0 saturated heterocycles. The third kappa shape index (κ3) is 3.32. The van der Waals surface area contributed by atoms with Crippen LogP contribution in [0.5, 0.6) is 0 Å². The van der Waals surface area contributed by atoms with Crippen molar-refractivity contribution < 1.29 is 4.79 Å². The quantitative estimate of drug-likeness (QED) is 0.885. The summed E-state index contributed by atoms with van der Waals surface area (Å²) in [6.45, 7) is 0.474. The van der Waals surface area contributed by atoms with Crippen LogP contribution >= 0.6 is 15.9 Å². The number of nitrogens with zero attached hydrogens (tertiary/aromatic N) is 2. The van der Waals surface area contributed by atoms with E-state index in [2.05, 4.69) is 20.9 Å². The number of hydrogen-bond acceptors (Lipinski definition) is 3. The number of anilines is 1. The molecule has 0 aliphatic heterocycles. The lowest BCUT2D eigenvalue weighted by Crippen LogP contribution is -2.26. The Morgan fingerprint density at radius 3 is 2.79 bits per heavy atom. The molecule has 19 heavy (non-hydrogen) atoms. The first-order valence-electron chi connectivity index (χ1n) is 5.78. The summed E-state index contributed by atoms with van der Waals surface area (Å²) >= 11 is 3.32. The molecule has 0 bridgehead atoms. The summed E-state index contributed by atoms with van der Waals surface area (Å²) in [6, 6.07) is 10.8. The number of nitrogens with two attached hydrogens (primary N) is 1. The lowest BCUT2D eigenvalue weighted by molar-refractivity contribution is 0.0783. The summed E-state index contributed by atoms with van der Waals surface area (Å²) in [4.78, 5) is 18.1. The van der Waals surface area contributed by atoms with E-state index in [0.717, 1.165) is 10.2 Å². The van der Waals surface area contributed by atoms with Crippen LogP contribution in [-0.4, -0.2) is 22.8 Å². The maximum atomic E-state index is 12.2. The summed E-state index contributed by atoms with van der Waals surface area (Å²) in [5, 5.41) is 0. The molecule has 1 aromatic heterocycles. The van der Waals surface area contributed by atoms with Crippen LogP contribution < -0.4 is 5.73 Å². The van der Waals surface area contributed by atoms with E-state index in [4.69, 9.17) is 5.73 Å². The highest BCUT2D eigenvalue weighted by molar-refractivity contribution is 9.10. The van der Waals surface area contributed by atoms with E-state index in [1.54, 1.807) is 36.3 Å². The minimum atomic E-state index is -0.0636. The second-order valence-electron chi connectivity index (χ2n) is 4.22. The van der Waals surface area contributed by atoms with Gasteiger partial charge in [-0.1, -0.05) is 6.07 Å². The first kappa shape index (κ1) is 13.5. The normalized spacial score (nSPS) is 10.2. The van der Waals surface area contributed by atoms with Crippen LogP contribution in [0, 0.1) is 0 Å². The van der Waals surface area contributed by atoms with Crippen molar-refractivity contribution in [2.75, 3.05) is 12.8 Å². The summed E-state index contributed by atoms with van der Waals surface area (Å²) in [7, 11) is 1.75. The summed E-state index contributed by atoms with van der Waals surface area (Å²) in [6.07, 6.45) is 1.72. The largest absolute Gasteiger partial charge is 0.398 e. The van der Waals surface area contributed by atoms with Gasteiger partial charge in [-0.25, -0.2) is 0 Å². The van der Waals surface area contributed by atoms with E-state index in [9.17, 15) is 4.79 Å². The molecule has 0 unspecified atom stereocenters. The minimum absolute atomic E-state index is 0.0636. The number of amides is 1. The Morgan fingerprint density at radius 1 is 1.37 bits per heavy atom. The van der Waals surface area contributed by atoms with Crippen molar-refractivity contribution >= 4 is 27.5 Å². The molecular formula is C14H14BrN3O. The Bertz CT molecular complexity index is 586. The predicted octanol–water partition coefficient (Wildman–Crippen LogP) is 2.70. The molecular weight excluding hydrogens is 306 g/mol. The van der Waals surface area contributed by atoms with Gasteiger partial charge in [-0.05, 0) is 46.3 Å². The topological polar surface area (TPSA) is 59.2 Å².